The maximum atomic E-state index is 3.92. The predicted octanol–water partition coefficient (Wildman–Crippen LogP) is 4.09. The van der Waals surface area contributed by atoms with E-state index < -0.39 is 0 Å². The molecule has 0 aromatic heterocycles. The Morgan fingerprint density at radius 1 is 1.29 bits per heavy atom. The van der Waals surface area contributed by atoms with Crippen molar-refractivity contribution in [3.8, 4) is 0 Å². The molecule has 0 atom stereocenters. The first-order chi connectivity index (χ1) is 6.69. The molecule has 0 N–H and O–H groups in total. The summed E-state index contributed by atoms with van der Waals surface area (Å²) in [6.07, 6.45) is 4.65. The summed E-state index contributed by atoms with van der Waals surface area (Å²) in [5, 5.41) is 0. The van der Waals surface area contributed by atoms with Crippen LogP contribution in [0.3, 0.4) is 0 Å². The molecule has 72 valence electrons. The van der Waals surface area contributed by atoms with Gasteiger partial charge in [-0.2, -0.15) is 0 Å². The van der Waals surface area contributed by atoms with Gasteiger partial charge in [0.15, 0.2) is 0 Å². The minimum atomic E-state index is 0.906. The topological polar surface area (TPSA) is 0 Å². The molecule has 1 rings (SSSR count). The average molecular weight is 184 g/mol. The van der Waals surface area contributed by atoms with E-state index in [2.05, 4.69) is 25.8 Å². The third kappa shape index (κ3) is 2.23. The van der Waals surface area contributed by atoms with Gasteiger partial charge in [-0.3, -0.25) is 0 Å². The van der Waals surface area contributed by atoms with Crippen LogP contribution in [-0.4, -0.2) is 0 Å². The Balaban J connectivity index is 3.21. The molecule has 0 saturated carbocycles. The molecule has 0 heteroatoms. The zero-order valence-electron chi connectivity index (χ0n) is 8.72. The summed E-state index contributed by atoms with van der Waals surface area (Å²) in [7, 11) is 0. The van der Waals surface area contributed by atoms with Crippen LogP contribution in [-0.2, 0) is 6.42 Å². The molecule has 0 aliphatic heterocycles. The molecule has 0 amide bonds. The highest BCUT2D eigenvalue weighted by molar-refractivity contribution is 5.66. The Bertz CT molecular complexity index is 370. The van der Waals surface area contributed by atoms with Gasteiger partial charge in [-0.05, 0) is 30.0 Å². The summed E-state index contributed by atoms with van der Waals surface area (Å²) in [4.78, 5) is 0. The second-order valence-corrected chi connectivity index (χ2v) is 3.46. The SMILES string of the molecule is C=Cc1cccc(CC(=C)C)c1C=C. The third-order valence-corrected chi connectivity index (χ3v) is 2.15. The summed E-state index contributed by atoms with van der Waals surface area (Å²) in [6.45, 7) is 13.6. The summed E-state index contributed by atoms with van der Waals surface area (Å²) in [5.41, 5.74) is 4.74. The van der Waals surface area contributed by atoms with Crippen molar-refractivity contribution < 1.29 is 0 Å². The molecule has 0 aliphatic rings. The van der Waals surface area contributed by atoms with Crippen molar-refractivity contribution in [2.45, 2.75) is 13.3 Å². The van der Waals surface area contributed by atoms with Gasteiger partial charge in [0.1, 0.15) is 0 Å². The highest BCUT2D eigenvalue weighted by atomic mass is 14.1. The second-order valence-electron chi connectivity index (χ2n) is 3.46. The minimum Gasteiger partial charge on any atom is -0.0998 e. The van der Waals surface area contributed by atoms with Crippen LogP contribution in [0.2, 0.25) is 0 Å². The van der Waals surface area contributed by atoms with Crippen LogP contribution in [0.4, 0.5) is 0 Å². The lowest BCUT2D eigenvalue weighted by Gasteiger charge is -2.08. The highest BCUT2D eigenvalue weighted by Crippen LogP contribution is 2.19. The van der Waals surface area contributed by atoms with Crippen LogP contribution in [0.25, 0.3) is 12.2 Å². The molecule has 0 fully saturated rings. The number of rotatable bonds is 4. The van der Waals surface area contributed by atoms with Crippen LogP contribution in [0.5, 0.6) is 0 Å². The molecule has 0 unspecified atom stereocenters. The monoisotopic (exact) mass is 184 g/mol. The van der Waals surface area contributed by atoms with Crippen molar-refractivity contribution in [2.24, 2.45) is 0 Å². The highest BCUT2D eigenvalue weighted by Gasteiger charge is 2.02. The molecule has 0 spiro atoms. The van der Waals surface area contributed by atoms with Crippen LogP contribution >= 0.6 is 0 Å². The van der Waals surface area contributed by atoms with Crippen molar-refractivity contribution in [3.63, 3.8) is 0 Å². The predicted molar refractivity (Wildman–Crippen MR) is 65.1 cm³/mol. The largest absolute Gasteiger partial charge is 0.0998 e. The summed E-state index contributed by atoms with van der Waals surface area (Å²) in [5.74, 6) is 0. The van der Waals surface area contributed by atoms with Crippen molar-refractivity contribution in [1.29, 1.82) is 0 Å². The lowest BCUT2D eigenvalue weighted by molar-refractivity contribution is 1.15. The first-order valence-corrected chi connectivity index (χ1v) is 4.70. The van der Waals surface area contributed by atoms with Gasteiger partial charge < -0.3 is 0 Å². The molecule has 0 aliphatic carbocycles. The van der Waals surface area contributed by atoms with Crippen LogP contribution in [0.15, 0.2) is 43.5 Å². The zero-order valence-corrected chi connectivity index (χ0v) is 8.72. The van der Waals surface area contributed by atoms with Gasteiger partial charge in [0, 0.05) is 0 Å². The Morgan fingerprint density at radius 2 is 2.00 bits per heavy atom. The fraction of sp³-hybridized carbons (Fsp3) is 0.143. The molecule has 0 nitrogen and oxygen atoms in total. The Kier molecular flexibility index (Phi) is 3.47. The maximum absolute atomic E-state index is 3.92. The van der Waals surface area contributed by atoms with E-state index >= 15 is 0 Å². The maximum Gasteiger partial charge on any atom is -0.00664 e. The molecule has 0 heterocycles. The van der Waals surface area contributed by atoms with Crippen LogP contribution in [0.1, 0.15) is 23.6 Å². The molecule has 0 radical (unpaired) electrons. The van der Waals surface area contributed by atoms with E-state index in [1.165, 1.54) is 11.1 Å². The molecular weight excluding hydrogens is 168 g/mol. The number of benzene rings is 1. The Morgan fingerprint density at radius 3 is 2.50 bits per heavy atom. The van der Waals surface area contributed by atoms with Crippen molar-refractivity contribution in [3.05, 3.63) is 60.2 Å². The average Bonchev–Trinajstić information content (AvgIpc) is 2.16. The lowest BCUT2D eigenvalue weighted by atomic mass is 9.96. The van der Waals surface area contributed by atoms with Crippen LogP contribution < -0.4 is 0 Å². The fourth-order valence-corrected chi connectivity index (χ4v) is 1.54. The van der Waals surface area contributed by atoms with Crippen molar-refractivity contribution in [2.75, 3.05) is 0 Å². The smallest absolute Gasteiger partial charge is 0.00664 e. The van der Waals surface area contributed by atoms with Crippen molar-refractivity contribution >= 4 is 12.2 Å². The van der Waals surface area contributed by atoms with E-state index in [9.17, 15) is 0 Å². The third-order valence-electron chi connectivity index (χ3n) is 2.15. The fourth-order valence-electron chi connectivity index (χ4n) is 1.54. The first-order valence-electron chi connectivity index (χ1n) is 4.70. The van der Waals surface area contributed by atoms with Gasteiger partial charge in [-0.1, -0.05) is 55.7 Å². The van der Waals surface area contributed by atoms with E-state index in [1.807, 2.05) is 31.2 Å². The Labute approximate surface area is 86.3 Å². The van der Waals surface area contributed by atoms with Gasteiger partial charge >= 0.3 is 0 Å². The zero-order chi connectivity index (χ0) is 10.6. The normalized spacial score (nSPS) is 9.50. The molecule has 0 bridgehead atoms. The molecular formula is C14H16. The van der Waals surface area contributed by atoms with E-state index in [0.29, 0.717) is 0 Å². The van der Waals surface area contributed by atoms with E-state index in [0.717, 1.165) is 17.6 Å². The van der Waals surface area contributed by atoms with E-state index in [-0.39, 0.29) is 0 Å². The number of allylic oxidation sites excluding steroid dienone is 1. The van der Waals surface area contributed by atoms with Gasteiger partial charge in [-0.15, -0.1) is 0 Å². The molecule has 14 heavy (non-hydrogen) atoms. The molecule has 1 aromatic rings. The number of hydrogen-bond acceptors (Lipinski definition) is 0. The Hall–Kier alpha value is -1.56. The van der Waals surface area contributed by atoms with Crippen molar-refractivity contribution in [1.82, 2.24) is 0 Å². The summed E-state index contributed by atoms with van der Waals surface area (Å²) < 4.78 is 0. The van der Waals surface area contributed by atoms with Gasteiger partial charge in [0.25, 0.3) is 0 Å². The molecule has 0 saturated heterocycles. The van der Waals surface area contributed by atoms with Crippen LogP contribution in [0, 0.1) is 0 Å². The number of hydrogen-bond donors (Lipinski definition) is 0. The van der Waals surface area contributed by atoms with E-state index in [1.54, 1.807) is 0 Å². The summed E-state index contributed by atoms with van der Waals surface area (Å²) in [6, 6.07) is 6.20. The second kappa shape index (κ2) is 4.61. The summed E-state index contributed by atoms with van der Waals surface area (Å²) >= 11 is 0. The molecule has 1 aromatic carbocycles. The quantitative estimate of drug-likeness (QED) is 0.618. The van der Waals surface area contributed by atoms with E-state index in [4.69, 9.17) is 0 Å². The van der Waals surface area contributed by atoms with Gasteiger partial charge in [0.2, 0.25) is 0 Å². The van der Waals surface area contributed by atoms with Gasteiger partial charge in [0.05, 0.1) is 0 Å². The standard InChI is InChI=1S/C14H16/c1-5-12-8-7-9-13(10-11(3)4)14(12)6-2/h5-9H,1-3,10H2,4H3. The minimum absolute atomic E-state index is 0.906. The van der Waals surface area contributed by atoms with Gasteiger partial charge in [-0.25, -0.2) is 0 Å². The first kappa shape index (κ1) is 10.5. The lowest BCUT2D eigenvalue weighted by Crippen LogP contribution is -1.92.